The summed E-state index contributed by atoms with van der Waals surface area (Å²) >= 11 is 6.90. The number of rotatable bonds is 4. The van der Waals surface area contributed by atoms with Gasteiger partial charge in [0.1, 0.15) is 0 Å². The molecule has 2 N–H and O–H groups in total. The molecule has 19 heavy (non-hydrogen) atoms. The van der Waals surface area contributed by atoms with E-state index in [4.69, 9.17) is 12.2 Å². The first-order valence-corrected chi connectivity index (χ1v) is 7.12. The van der Waals surface area contributed by atoms with Gasteiger partial charge in [-0.25, -0.2) is 0 Å². The number of nitrogens with one attached hydrogen (secondary N) is 2. The average Bonchev–Trinajstić information content (AvgIpc) is 2.90. The van der Waals surface area contributed by atoms with Gasteiger partial charge in [0.15, 0.2) is 10.9 Å². The van der Waals surface area contributed by atoms with Crippen molar-refractivity contribution < 1.29 is 4.79 Å². The van der Waals surface area contributed by atoms with Crippen molar-refractivity contribution in [2.24, 2.45) is 0 Å². The zero-order valence-corrected chi connectivity index (χ0v) is 12.1. The molecule has 0 aliphatic heterocycles. The lowest BCUT2D eigenvalue weighted by atomic mass is 10.1. The standard InChI is InChI=1S/C14H14N2OS2/c1-10(17)11-4-2-5-12(8-11)16-14(18)15-9-13-6-3-7-19-13/h2-8H,9H2,1H3,(H2,15,16,18). The van der Waals surface area contributed by atoms with Crippen LogP contribution in [0.4, 0.5) is 5.69 Å². The Kier molecular flexibility index (Phi) is 4.65. The molecule has 0 fully saturated rings. The van der Waals surface area contributed by atoms with E-state index < -0.39 is 0 Å². The number of hydrogen-bond acceptors (Lipinski definition) is 3. The smallest absolute Gasteiger partial charge is 0.171 e. The van der Waals surface area contributed by atoms with E-state index in [1.165, 1.54) is 4.88 Å². The van der Waals surface area contributed by atoms with Crippen LogP contribution in [0, 0.1) is 0 Å². The van der Waals surface area contributed by atoms with E-state index in [2.05, 4.69) is 16.7 Å². The van der Waals surface area contributed by atoms with Crippen molar-refractivity contribution in [1.82, 2.24) is 5.32 Å². The van der Waals surface area contributed by atoms with Crippen LogP contribution < -0.4 is 10.6 Å². The Hall–Kier alpha value is -1.72. The average molecular weight is 290 g/mol. The molecule has 3 nitrogen and oxygen atoms in total. The quantitative estimate of drug-likeness (QED) is 0.668. The third-order valence-electron chi connectivity index (χ3n) is 2.53. The van der Waals surface area contributed by atoms with Crippen LogP contribution in [-0.4, -0.2) is 10.9 Å². The van der Waals surface area contributed by atoms with Gasteiger partial charge in [-0.3, -0.25) is 4.79 Å². The van der Waals surface area contributed by atoms with Crippen LogP contribution in [0.5, 0.6) is 0 Å². The molecular weight excluding hydrogens is 276 g/mol. The number of hydrogen-bond donors (Lipinski definition) is 2. The maximum absolute atomic E-state index is 11.3. The zero-order valence-electron chi connectivity index (χ0n) is 10.5. The van der Waals surface area contributed by atoms with E-state index in [-0.39, 0.29) is 5.78 Å². The summed E-state index contributed by atoms with van der Waals surface area (Å²) in [6, 6.07) is 11.4. The summed E-state index contributed by atoms with van der Waals surface area (Å²) < 4.78 is 0. The molecule has 0 aliphatic rings. The minimum Gasteiger partial charge on any atom is -0.358 e. The van der Waals surface area contributed by atoms with Gasteiger partial charge in [0, 0.05) is 16.1 Å². The first kappa shape index (κ1) is 13.7. The fourth-order valence-electron chi connectivity index (χ4n) is 1.57. The second kappa shape index (κ2) is 6.45. The molecule has 2 rings (SSSR count). The number of ketones is 1. The van der Waals surface area contributed by atoms with E-state index >= 15 is 0 Å². The first-order chi connectivity index (χ1) is 9.15. The van der Waals surface area contributed by atoms with Crippen LogP contribution in [0.1, 0.15) is 22.2 Å². The Labute approximate surface area is 121 Å². The van der Waals surface area contributed by atoms with Gasteiger partial charge in [-0.05, 0) is 42.7 Å². The number of carbonyl (C=O) groups is 1. The SMILES string of the molecule is CC(=O)c1cccc(NC(=S)NCc2cccs2)c1. The molecule has 0 aliphatic carbocycles. The number of carbonyl (C=O) groups excluding carboxylic acids is 1. The molecular formula is C14H14N2OS2. The summed E-state index contributed by atoms with van der Waals surface area (Å²) in [6.07, 6.45) is 0. The molecule has 0 spiro atoms. The largest absolute Gasteiger partial charge is 0.358 e. The van der Waals surface area contributed by atoms with Gasteiger partial charge in [-0.2, -0.15) is 0 Å². The molecule has 5 heteroatoms. The highest BCUT2D eigenvalue weighted by molar-refractivity contribution is 7.80. The maximum Gasteiger partial charge on any atom is 0.171 e. The Morgan fingerprint density at radius 2 is 2.16 bits per heavy atom. The van der Waals surface area contributed by atoms with Gasteiger partial charge in [0.25, 0.3) is 0 Å². The van der Waals surface area contributed by atoms with E-state index in [1.807, 2.05) is 23.6 Å². The van der Waals surface area contributed by atoms with Crippen molar-refractivity contribution in [3.05, 3.63) is 52.2 Å². The van der Waals surface area contributed by atoms with Gasteiger partial charge >= 0.3 is 0 Å². The minimum absolute atomic E-state index is 0.0427. The van der Waals surface area contributed by atoms with Crippen LogP contribution in [-0.2, 0) is 6.54 Å². The van der Waals surface area contributed by atoms with Crippen molar-refractivity contribution in [3.63, 3.8) is 0 Å². The van der Waals surface area contributed by atoms with Crippen LogP contribution in [0.3, 0.4) is 0 Å². The summed E-state index contributed by atoms with van der Waals surface area (Å²) in [7, 11) is 0. The predicted molar refractivity (Wildman–Crippen MR) is 83.8 cm³/mol. The molecule has 0 bridgehead atoms. The molecule has 98 valence electrons. The van der Waals surface area contributed by atoms with E-state index in [0.717, 1.165) is 5.69 Å². The second-order valence-corrected chi connectivity index (χ2v) is 5.46. The van der Waals surface area contributed by atoms with Crippen molar-refractivity contribution in [3.8, 4) is 0 Å². The summed E-state index contributed by atoms with van der Waals surface area (Å²) in [5.74, 6) is 0.0427. The van der Waals surface area contributed by atoms with Gasteiger partial charge < -0.3 is 10.6 Å². The molecule has 0 radical (unpaired) electrons. The lowest BCUT2D eigenvalue weighted by Crippen LogP contribution is -2.27. The van der Waals surface area contributed by atoms with Crippen molar-refractivity contribution in [1.29, 1.82) is 0 Å². The second-order valence-electron chi connectivity index (χ2n) is 4.02. The van der Waals surface area contributed by atoms with Gasteiger partial charge in [-0.15, -0.1) is 11.3 Å². The Morgan fingerprint density at radius 3 is 2.84 bits per heavy atom. The summed E-state index contributed by atoms with van der Waals surface area (Å²) in [5, 5.41) is 8.78. The van der Waals surface area contributed by atoms with Crippen LogP contribution in [0.25, 0.3) is 0 Å². The highest BCUT2D eigenvalue weighted by Gasteiger charge is 2.02. The zero-order chi connectivity index (χ0) is 13.7. The molecule has 0 atom stereocenters. The number of thiocarbonyl (C=S) groups is 1. The number of thiophene rings is 1. The highest BCUT2D eigenvalue weighted by Crippen LogP contribution is 2.11. The summed E-state index contributed by atoms with van der Waals surface area (Å²) in [6.45, 7) is 2.25. The Morgan fingerprint density at radius 1 is 1.32 bits per heavy atom. The van der Waals surface area contributed by atoms with Crippen LogP contribution in [0.2, 0.25) is 0 Å². The third kappa shape index (κ3) is 4.15. The maximum atomic E-state index is 11.3. The lowest BCUT2D eigenvalue weighted by Gasteiger charge is -2.10. The first-order valence-electron chi connectivity index (χ1n) is 5.83. The van der Waals surface area contributed by atoms with Crippen molar-refractivity contribution in [2.75, 3.05) is 5.32 Å². The van der Waals surface area contributed by atoms with E-state index in [9.17, 15) is 4.79 Å². The topological polar surface area (TPSA) is 41.1 Å². The molecule has 1 aromatic carbocycles. The van der Waals surface area contributed by atoms with Gasteiger partial charge in [0.2, 0.25) is 0 Å². The van der Waals surface area contributed by atoms with Gasteiger partial charge in [0.05, 0.1) is 6.54 Å². The fraction of sp³-hybridized carbons (Fsp3) is 0.143. The number of benzene rings is 1. The minimum atomic E-state index is 0.0427. The third-order valence-corrected chi connectivity index (χ3v) is 3.65. The van der Waals surface area contributed by atoms with Crippen molar-refractivity contribution in [2.45, 2.75) is 13.5 Å². The van der Waals surface area contributed by atoms with E-state index in [0.29, 0.717) is 17.2 Å². The molecule has 1 aromatic heterocycles. The molecule has 0 saturated heterocycles. The van der Waals surface area contributed by atoms with Crippen molar-refractivity contribution >= 4 is 40.1 Å². The summed E-state index contributed by atoms with van der Waals surface area (Å²) in [5.41, 5.74) is 1.49. The highest BCUT2D eigenvalue weighted by atomic mass is 32.1. The monoisotopic (exact) mass is 290 g/mol. The normalized spacial score (nSPS) is 9.95. The number of anilines is 1. The predicted octanol–water partition coefficient (Wildman–Crippen LogP) is 3.44. The molecule has 2 aromatic rings. The number of Topliss-reactive ketones (excluding diaryl/α,β-unsaturated/α-hetero) is 1. The molecule has 0 saturated carbocycles. The van der Waals surface area contributed by atoms with Crippen LogP contribution >= 0.6 is 23.6 Å². The lowest BCUT2D eigenvalue weighted by molar-refractivity contribution is 0.101. The molecule has 0 unspecified atom stereocenters. The molecule has 1 heterocycles. The Bertz CT molecular complexity index is 579. The van der Waals surface area contributed by atoms with Gasteiger partial charge in [-0.1, -0.05) is 18.2 Å². The summed E-state index contributed by atoms with van der Waals surface area (Å²) in [4.78, 5) is 12.5. The Balaban J connectivity index is 1.91. The fourth-order valence-corrected chi connectivity index (χ4v) is 2.41. The van der Waals surface area contributed by atoms with Crippen LogP contribution in [0.15, 0.2) is 41.8 Å². The van der Waals surface area contributed by atoms with E-state index in [1.54, 1.807) is 30.4 Å². The molecule has 0 amide bonds.